The molecule has 8 nitrogen and oxygen atoms in total. The van der Waals surface area contributed by atoms with Crippen LogP contribution in [0.3, 0.4) is 0 Å². The summed E-state index contributed by atoms with van der Waals surface area (Å²) >= 11 is 0. The zero-order chi connectivity index (χ0) is 27.8. The molecule has 2 aromatic heterocycles. The van der Waals surface area contributed by atoms with E-state index in [1.807, 2.05) is 25.7 Å². The first-order valence-corrected chi connectivity index (χ1v) is 12.3. The Labute approximate surface area is 217 Å². The SMILES string of the molecule is [C-]#[N+]c1ccc2c(n1)c(N1C[C@@H](CC)N(C(CC)c3ccc(OC(F)(F)F)cc3F)C[C@@H]1C)nc(=O)n2C. The van der Waals surface area contributed by atoms with Gasteiger partial charge in [0.2, 0.25) is 5.52 Å². The van der Waals surface area contributed by atoms with Gasteiger partial charge in [0.1, 0.15) is 11.6 Å². The van der Waals surface area contributed by atoms with Crippen LogP contribution < -0.4 is 15.3 Å². The predicted octanol–water partition coefficient (Wildman–Crippen LogP) is 5.36. The number of pyridine rings is 1. The molecule has 1 aromatic carbocycles. The second-order valence-corrected chi connectivity index (χ2v) is 9.34. The summed E-state index contributed by atoms with van der Waals surface area (Å²) in [4.78, 5) is 29.0. The second kappa shape index (κ2) is 10.6. The number of aromatic nitrogens is 3. The lowest BCUT2D eigenvalue weighted by atomic mass is 9.95. The smallest absolute Gasteiger partial charge is 0.406 e. The highest BCUT2D eigenvalue weighted by Gasteiger charge is 2.38. The highest BCUT2D eigenvalue weighted by molar-refractivity contribution is 5.87. The van der Waals surface area contributed by atoms with E-state index < -0.39 is 23.6 Å². The molecular weight excluding hydrogens is 504 g/mol. The Bertz CT molecular complexity index is 1430. The molecule has 3 atom stereocenters. The molecule has 3 heterocycles. The van der Waals surface area contributed by atoms with Crippen molar-refractivity contribution < 1.29 is 22.3 Å². The van der Waals surface area contributed by atoms with E-state index in [-0.39, 0.29) is 23.9 Å². The summed E-state index contributed by atoms with van der Waals surface area (Å²) in [6.45, 7) is 14.2. The minimum atomic E-state index is -4.90. The Balaban J connectivity index is 1.69. The summed E-state index contributed by atoms with van der Waals surface area (Å²) in [5, 5.41) is 0. The average molecular weight is 533 g/mol. The molecule has 1 saturated heterocycles. The van der Waals surface area contributed by atoms with Crippen molar-refractivity contribution in [2.45, 2.75) is 58.1 Å². The Morgan fingerprint density at radius 1 is 1.18 bits per heavy atom. The number of halogens is 4. The first kappa shape index (κ1) is 27.3. The lowest BCUT2D eigenvalue weighted by molar-refractivity contribution is -0.274. The number of benzene rings is 1. The Morgan fingerprint density at radius 3 is 2.53 bits per heavy atom. The van der Waals surface area contributed by atoms with Crippen LogP contribution in [0.5, 0.6) is 5.75 Å². The van der Waals surface area contributed by atoms with Gasteiger partial charge in [0.15, 0.2) is 5.82 Å². The third-order valence-corrected chi connectivity index (χ3v) is 7.01. The third kappa shape index (κ3) is 5.29. The van der Waals surface area contributed by atoms with Gasteiger partial charge in [-0.15, -0.1) is 18.2 Å². The minimum absolute atomic E-state index is 0.0772. The number of nitrogens with zero attached hydrogens (tertiary/aromatic N) is 6. The molecule has 0 N–H and O–H groups in total. The van der Waals surface area contributed by atoms with Crippen LogP contribution in [0.15, 0.2) is 35.1 Å². The van der Waals surface area contributed by atoms with Gasteiger partial charge >= 0.3 is 12.1 Å². The number of anilines is 1. The number of aryl methyl sites for hydroxylation is 1. The quantitative estimate of drug-likeness (QED) is 0.315. The van der Waals surface area contributed by atoms with Crippen LogP contribution >= 0.6 is 0 Å². The van der Waals surface area contributed by atoms with Crippen LogP contribution in [0.2, 0.25) is 0 Å². The van der Waals surface area contributed by atoms with Gasteiger partial charge in [-0.25, -0.2) is 9.18 Å². The third-order valence-electron chi connectivity index (χ3n) is 7.01. The Hall–Kier alpha value is -3.72. The summed E-state index contributed by atoms with van der Waals surface area (Å²) in [6, 6.07) is 5.86. The number of fused-ring (bicyclic) bond motifs is 1. The normalized spacial score (nSPS) is 19.4. The molecular formula is C26H28F4N6O2. The van der Waals surface area contributed by atoms with E-state index in [2.05, 4.69) is 24.4 Å². The van der Waals surface area contributed by atoms with Crippen molar-refractivity contribution in [3.8, 4) is 5.75 Å². The molecule has 1 unspecified atom stereocenters. The van der Waals surface area contributed by atoms with E-state index in [9.17, 15) is 18.0 Å². The van der Waals surface area contributed by atoms with Crippen LogP contribution in [-0.4, -0.2) is 51.0 Å². The number of alkyl halides is 3. The minimum Gasteiger partial charge on any atom is -0.406 e. The van der Waals surface area contributed by atoms with Crippen molar-refractivity contribution in [1.29, 1.82) is 0 Å². The maximum absolute atomic E-state index is 15.1. The maximum atomic E-state index is 15.1. The zero-order valence-electron chi connectivity index (χ0n) is 21.5. The fourth-order valence-electron chi connectivity index (χ4n) is 5.17. The number of hydrogen-bond donors (Lipinski definition) is 0. The van der Waals surface area contributed by atoms with E-state index in [0.717, 1.165) is 12.1 Å². The van der Waals surface area contributed by atoms with Crippen LogP contribution in [0.25, 0.3) is 15.9 Å². The molecule has 0 amide bonds. The van der Waals surface area contributed by atoms with Gasteiger partial charge < -0.3 is 14.5 Å². The molecule has 0 bridgehead atoms. The zero-order valence-corrected chi connectivity index (χ0v) is 21.5. The van der Waals surface area contributed by atoms with Crippen LogP contribution in [0.4, 0.5) is 29.2 Å². The molecule has 0 aliphatic carbocycles. The Kier molecular flexibility index (Phi) is 7.60. The van der Waals surface area contributed by atoms with Crippen molar-refractivity contribution in [1.82, 2.24) is 19.4 Å². The van der Waals surface area contributed by atoms with Crippen molar-refractivity contribution in [2.75, 3.05) is 18.0 Å². The fraction of sp³-hybridized carbons (Fsp3) is 0.462. The lowest BCUT2D eigenvalue weighted by Gasteiger charge is -2.48. The summed E-state index contributed by atoms with van der Waals surface area (Å²) in [5.41, 5.74) is 0.864. The molecule has 0 radical (unpaired) electrons. The fourth-order valence-corrected chi connectivity index (χ4v) is 5.17. The topological polar surface area (TPSA) is 67.9 Å². The number of rotatable bonds is 6. The van der Waals surface area contributed by atoms with Gasteiger partial charge in [0.25, 0.3) is 5.82 Å². The highest BCUT2D eigenvalue weighted by Crippen LogP contribution is 2.36. The highest BCUT2D eigenvalue weighted by atomic mass is 19.4. The molecule has 12 heteroatoms. The monoisotopic (exact) mass is 532 g/mol. The van der Waals surface area contributed by atoms with Gasteiger partial charge in [-0.2, -0.15) is 4.98 Å². The average Bonchev–Trinajstić information content (AvgIpc) is 2.87. The van der Waals surface area contributed by atoms with Crippen LogP contribution in [-0.2, 0) is 7.05 Å². The molecule has 0 saturated carbocycles. The van der Waals surface area contributed by atoms with Crippen molar-refractivity contribution in [3.63, 3.8) is 0 Å². The second-order valence-electron chi connectivity index (χ2n) is 9.34. The molecule has 1 aliphatic heterocycles. The van der Waals surface area contributed by atoms with Crippen LogP contribution in [0.1, 0.15) is 45.2 Å². The van der Waals surface area contributed by atoms with Gasteiger partial charge in [-0.1, -0.05) is 26.5 Å². The maximum Gasteiger partial charge on any atom is 0.573 e. The van der Waals surface area contributed by atoms with Crippen molar-refractivity contribution in [3.05, 3.63) is 63.6 Å². The van der Waals surface area contributed by atoms with Crippen molar-refractivity contribution in [2.24, 2.45) is 7.05 Å². The van der Waals surface area contributed by atoms with E-state index in [1.165, 1.54) is 10.6 Å². The molecule has 3 aromatic rings. The van der Waals surface area contributed by atoms with Crippen LogP contribution in [0, 0.1) is 12.4 Å². The summed E-state index contributed by atoms with van der Waals surface area (Å²) in [5.74, 6) is -0.781. The standard InChI is InChI=1S/C26H28F4N6O2/c1-6-16-14-35(24-23-21(34(5)25(37)33-24)10-11-22(31-4)32-23)15(3)13-36(16)20(7-2)18-9-8-17(12-19(18)27)38-26(28,29)30/h8-12,15-16,20H,6-7,13-14H2,1-3,5H3/t15-,16+,20?/m0/s1. The van der Waals surface area contributed by atoms with Gasteiger partial charge in [0.05, 0.1) is 5.52 Å². The summed E-state index contributed by atoms with van der Waals surface area (Å²) in [7, 11) is 1.60. The number of piperazine rings is 1. The van der Waals surface area contributed by atoms with Gasteiger partial charge in [-0.3, -0.25) is 9.47 Å². The predicted molar refractivity (Wildman–Crippen MR) is 135 cm³/mol. The number of hydrogen-bond acceptors (Lipinski definition) is 6. The molecule has 202 valence electrons. The largest absolute Gasteiger partial charge is 0.573 e. The van der Waals surface area contributed by atoms with E-state index in [0.29, 0.717) is 48.3 Å². The summed E-state index contributed by atoms with van der Waals surface area (Å²) < 4.78 is 58.1. The molecule has 1 fully saturated rings. The Morgan fingerprint density at radius 2 is 1.92 bits per heavy atom. The molecule has 1 aliphatic rings. The van der Waals surface area contributed by atoms with Gasteiger partial charge in [-0.05, 0) is 38.0 Å². The number of ether oxygens (including phenoxy) is 1. The summed E-state index contributed by atoms with van der Waals surface area (Å²) in [6.07, 6.45) is -3.68. The lowest BCUT2D eigenvalue weighted by Crippen LogP contribution is -2.58. The van der Waals surface area contributed by atoms with E-state index >= 15 is 4.39 Å². The van der Waals surface area contributed by atoms with Gasteiger partial charge in [0, 0.05) is 49.9 Å². The molecule has 0 spiro atoms. The first-order chi connectivity index (χ1) is 18.0. The van der Waals surface area contributed by atoms with E-state index in [4.69, 9.17) is 6.57 Å². The molecule has 4 rings (SSSR count). The first-order valence-electron chi connectivity index (χ1n) is 12.3. The van der Waals surface area contributed by atoms with E-state index in [1.54, 1.807) is 19.2 Å². The van der Waals surface area contributed by atoms with Crippen molar-refractivity contribution >= 4 is 22.7 Å². The molecule has 38 heavy (non-hydrogen) atoms.